The van der Waals surface area contributed by atoms with Crippen LogP contribution < -0.4 is 9.47 Å². The average molecular weight is 290 g/mol. The second kappa shape index (κ2) is 6.78. The molecule has 21 heavy (non-hydrogen) atoms. The Balaban J connectivity index is 2.05. The lowest BCUT2D eigenvalue weighted by atomic mass is 10.2. The maximum Gasteiger partial charge on any atom is 0.169 e. The van der Waals surface area contributed by atoms with Crippen molar-refractivity contribution in [1.82, 2.24) is 5.16 Å². The molecule has 1 heterocycles. The quantitative estimate of drug-likeness (QED) is 0.604. The lowest BCUT2D eigenvalue weighted by molar-refractivity contribution is 0.130. The molecule has 6 nitrogen and oxygen atoms in total. The second-order valence-electron chi connectivity index (χ2n) is 4.39. The summed E-state index contributed by atoms with van der Waals surface area (Å²) in [6.07, 6.45) is 1.58. The van der Waals surface area contributed by atoms with Gasteiger partial charge in [-0.05, 0) is 26.0 Å². The first kappa shape index (κ1) is 14.9. The van der Waals surface area contributed by atoms with Crippen LogP contribution in [-0.2, 0) is 11.4 Å². The molecule has 0 amide bonds. The highest BCUT2D eigenvalue weighted by Crippen LogP contribution is 2.29. The molecule has 2 rings (SSSR count). The Morgan fingerprint density at radius 2 is 2.05 bits per heavy atom. The third kappa shape index (κ3) is 3.34. The number of hydrogen-bond donors (Lipinski definition) is 0. The van der Waals surface area contributed by atoms with Gasteiger partial charge in [-0.15, -0.1) is 0 Å². The van der Waals surface area contributed by atoms with Gasteiger partial charge in [0.25, 0.3) is 0 Å². The zero-order chi connectivity index (χ0) is 15.2. The number of hydrogen-bond acceptors (Lipinski definition) is 6. The van der Waals surface area contributed by atoms with E-state index in [2.05, 4.69) is 10.3 Å². The van der Waals surface area contributed by atoms with E-state index >= 15 is 0 Å². The first-order valence-electron chi connectivity index (χ1n) is 6.45. The van der Waals surface area contributed by atoms with E-state index in [1.54, 1.807) is 20.4 Å². The van der Waals surface area contributed by atoms with E-state index in [9.17, 15) is 0 Å². The molecule has 6 heteroatoms. The Labute approximate surface area is 123 Å². The molecule has 0 saturated carbocycles. The number of oxime groups is 1. The third-order valence-electron chi connectivity index (χ3n) is 3.09. The summed E-state index contributed by atoms with van der Waals surface area (Å²) < 4.78 is 15.6. The fourth-order valence-corrected chi connectivity index (χ4v) is 1.92. The minimum atomic E-state index is 0.309. The normalized spacial score (nSPS) is 10.9. The van der Waals surface area contributed by atoms with Crippen molar-refractivity contribution < 1.29 is 18.8 Å². The largest absolute Gasteiger partial charge is 0.493 e. The Kier molecular flexibility index (Phi) is 4.81. The van der Waals surface area contributed by atoms with E-state index in [0.717, 1.165) is 22.6 Å². The number of aryl methyl sites for hydroxylation is 2. The fraction of sp³-hybridized carbons (Fsp3) is 0.333. The van der Waals surface area contributed by atoms with Crippen molar-refractivity contribution >= 4 is 6.21 Å². The van der Waals surface area contributed by atoms with Gasteiger partial charge >= 0.3 is 0 Å². The zero-order valence-electron chi connectivity index (χ0n) is 12.5. The minimum absolute atomic E-state index is 0.309. The molecule has 0 aliphatic rings. The molecule has 1 aromatic heterocycles. The lowest BCUT2D eigenvalue weighted by Gasteiger charge is -2.09. The number of rotatable bonds is 6. The number of ether oxygens (including phenoxy) is 2. The summed E-state index contributed by atoms with van der Waals surface area (Å²) >= 11 is 0. The summed E-state index contributed by atoms with van der Waals surface area (Å²) in [6.45, 7) is 4.02. The molecule has 0 saturated heterocycles. The van der Waals surface area contributed by atoms with Crippen LogP contribution >= 0.6 is 0 Å². The van der Waals surface area contributed by atoms with Crippen molar-refractivity contribution in [2.75, 3.05) is 14.2 Å². The van der Waals surface area contributed by atoms with E-state index < -0.39 is 0 Å². The molecule has 112 valence electrons. The van der Waals surface area contributed by atoms with Crippen LogP contribution in [0.25, 0.3) is 0 Å². The molecule has 0 spiro atoms. The Morgan fingerprint density at radius 3 is 2.67 bits per heavy atom. The molecule has 0 N–H and O–H groups in total. The number of nitrogens with zero attached hydrogens (tertiary/aromatic N) is 2. The molecular formula is C15H18N2O4. The van der Waals surface area contributed by atoms with Gasteiger partial charge in [-0.1, -0.05) is 16.4 Å². The topological polar surface area (TPSA) is 66.1 Å². The summed E-state index contributed by atoms with van der Waals surface area (Å²) in [7, 11) is 3.17. The molecule has 1 aromatic carbocycles. The molecule has 0 aliphatic heterocycles. The van der Waals surface area contributed by atoms with Crippen LogP contribution in [0.15, 0.2) is 27.9 Å². The van der Waals surface area contributed by atoms with Crippen LogP contribution in [0.1, 0.15) is 22.6 Å². The van der Waals surface area contributed by atoms with Gasteiger partial charge in [-0.3, -0.25) is 0 Å². The predicted molar refractivity (Wildman–Crippen MR) is 77.9 cm³/mol. The maximum atomic E-state index is 5.31. The molecule has 0 atom stereocenters. The molecule has 2 aromatic rings. The third-order valence-corrected chi connectivity index (χ3v) is 3.09. The summed E-state index contributed by atoms with van der Waals surface area (Å²) in [5.41, 5.74) is 2.49. The van der Waals surface area contributed by atoms with Gasteiger partial charge in [0.1, 0.15) is 12.4 Å². The van der Waals surface area contributed by atoms with Crippen molar-refractivity contribution in [2.24, 2.45) is 5.16 Å². The minimum Gasteiger partial charge on any atom is -0.493 e. The fourth-order valence-electron chi connectivity index (χ4n) is 1.92. The smallest absolute Gasteiger partial charge is 0.169 e. The first-order valence-corrected chi connectivity index (χ1v) is 6.45. The Hall–Kier alpha value is -2.50. The van der Waals surface area contributed by atoms with Gasteiger partial charge in [0.2, 0.25) is 0 Å². The number of aromatic nitrogens is 1. The summed E-state index contributed by atoms with van der Waals surface area (Å²) in [4.78, 5) is 5.29. The van der Waals surface area contributed by atoms with E-state index in [4.69, 9.17) is 18.8 Å². The van der Waals surface area contributed by atoms with Gasteiger partial charge in [-0.25, -0.2) is 0 Å². The van der Waals surface area contributed by atoms with Crippen LogP contribution in [0.4, 0.5) is 0 Å². The molecular weight excluding hydrogens is 272 g/mol. The van der Waals surface area contributed by atoms with Crippen molar-refractivity contribution in [2.45, 2.75) is 20.5 Å². The van der Waals surface area contributed by atoms with Gasteiger partial charge < -0.3 is 18.8 Å². The van der Waals surface area contributed by atoms with Crippen molar-refractivity contribution in [1.29, 1.82) is 0 Å². The van der Waals surface area contributed by atoms with Gasteiger partial charge in [0.15, 0.2) is 11.5 Å². The summed E-state index contributed by atoms with van der Waals surface area (Å²) in [5.74, 6) is 2.00. The highest BCUT2D eigenvalue weighted by Gasteiger charge is 2.09. The first-order chi connectivity index (χ1) is 10.2. The average Bonchev–Trinajstić information content (AvgIpc) is 2.82. The molecule has 0 fully saturated rings. The van der Waals surface area contributed by atoms with Gasteiger partial charge in [0, 0.05) is 5.56 Å². The standard InChI is InChI=1S/C15H18N2O4/c1-10-13(11(2)21-17-10)9-20-16-8-12-6-5-7-14(18-3)15(12)19-4/h5-8H,9H2,1-4H3/b16-8-. The van der Waals surface area contributed by atoms with E-state index in [0.29, 0.717) is 18.1 Å². The van der Waals surface area contributed by atoms with E-state index in [1.165, 1.54) is 0 Å². The second-order valence-corrected chi connectivity index (χ2v) is 4.39. The van der Waals surface area contributed by atoms with Crippen molar-refractivity contribution in [3.05, 3.63) is 40.8 Å². The monoisotopic (exact) mass is 290 g/mol. The zero-order valence-corrected chi connectivity index (χ0v) is 12.5. The number of benzene rings is 1. The number of methoxy groups -OCH3 is 2. The van der Waals surface area contributed by atoms with Crippen LogP contribution in [0.2, 0.25) is 0 Å². The SMILES string of the molecule is COc1cccc(/C=N\OCc2c(C)noc2C)c1OC. The maximum absolute atomic E-state index is 5.31. The molecule has 0 radical (unpaired) electrons. The van der Waals surface area contributed by atoms with Crippen molar-refractivity contribution in [3.63, 3.8) is 0 Å². The highest BCUT2D eigenvalue weighted by molar-refractivity contribution is 5.84. The van der Waals surface area contributed by atoms with Crippen LogP contribution in [-0.4, -0.2) is 25.6 Å². The molecule has 0 bridgehead atoms. The van der Waals surface area contributed by atoms with E-state index in [-0.39, 0.29) is 0 Å². The summed E-state index contributed by atoms with van der Waals surface area (Å²) in [6, 6.07) is 5.54. The highest BCUT2D eigenvalue weighted by atomic mass is 16.6. The summed E-state index contributed by atoms with van der Waals surface area (Å²) in [5, 5.41) is 7.81. The van der Waals surface area contributed by atoms with Gasteiger partial charge in [-0.2, -0.15) is 0 Å². The van der Waals surface area contributed by atoms with Crippen LogP contribution in [0, 0.1) is 13.8 Å². The predicted octanol–water partition coefficient (Wildman–Crippen LogP) is 2.86. The van der Waals surface area contributed by atoms with Crippen LogP contribution in [0.5, 0.6) is 11.5 Å². The molecule has 0 unspecified atom stereocenters. The van der Waals surface area contributed by atoms with Gasteiger partial charge in [0.05, 0.1) is 31.7 Å². The lowest BCUT2D eigenvalue weighted by Crippen LogP contribution is -1.96. The number of para-hydroxylation sites is 1. The molecule has 0 aliphatic carbocycles. The Bertz CT molecular complexity index is 615. The van der Waals surface area contributed by atoms with Crippen LogP contribution in [0.3, 0.4) is 0 Å². The van der Waals surface area contributed by atoms with Crippen molar-refractivity contribution in [3.8, 4) is 11.5 Å². The van der Waals surface area contributed by atoms with E-state index in [1.807, 2.05) is 32.0 Å². The Morgan fingerprint density at radius 1 is 1.24 bits per heavy atom.